The Morgan fingerprint density at radius 1 is 1.11 bits per heavy atom. The van der Waals surface area contributed by atoms with Crippen LogP contribution in [0.2, 0.25) is 5.02 Å². The van der Waals surface area contributed by atoms with Crippen LogP contribution < -0.4 is 4.74 Å². The van der Waals surface area contributed by atoms with Gasteiger partial charge in [-0.05, 0) is 30.0 Å². The second-order valence-corrected chi connectivity index (χ2v) is 8.52. The standard InChI is InChI=1S/C19H19ClN2O4S/c1-27(24,25)16-10-9-14(7-8-15-11-21-22-19(15)23)17(20)18(16)26-12-13-5-3-2-4-6-13/h2-6,9-11H,7-8,12H2,1H3,(H2,21,22,23). The number of sulfone groups is 1. The molecule has 0 unspecified atom stereocenters. The summed E-state index contributed by atoms with van der Waals surface area (Å²) in [6, 6.07) is 12.6. The summed E-state index contributed by atoms with van der Waals surface area (Å²) in [6.07, 6.45) is 3.66. The molecule has 1 heterocycles. The molecular formula is C19H19ClN2O4S. The Morgan fingerprint density at radius 2 is 1.81 bits per heavy atom. The molecule has 2 aromatic carbocycles. The first-order valence-electron chi connectivity index (χ1n) is 8.25. The number of ether oxygens (including phenoxy) is 1. The number of benzene rings is 2. The Kier molecular flexibility index (Phi) is 5.72. The molecule has 0 fully saturated rings. The molecule has 0 amide bonds. The summed E-state index contributed by atoms with van der Waals surface area (Å²) >= 11 is 6.49. The van der Waals surface area contributed by atoms with Crippen molar-refractivity contribution in [2.45, 2.75) is 24.3 Å². The average molecular weight is 407 g/mol. The number of aromatic amines is 1. The highest BCUT2D eigenvalue weighted by molar-refractivity contribution is 7.90. The first-order chi connectivity index (χ1) is 12.9. The van der Waals surface area contributed by atoms with Crippen LogP contribution in [-0.2, 0) is 29.3 Å². The van der Waals surface area contributed by atoms with Crippen LogP contribution in [0.1, 0.15) is 16.7 Å². The number of rotatable bonds is 7. The van der Waals surface area contributed by atoms with Crippen LogP contribution in [-0.4, -0.2) is 30.0 Å². The van der Waals surface area contributed by atoms with Crippen molar-refractivity contribution in [3.63, 3.8) is 0 Å². The van der Waals surface area contributed by atoms with Crippen LogP contribution in [0.15, 0.2) is 53.6 Å². The van der Waals surface area contributed by atoms with E-state index in [1.807, 2.05) is 30.3 Å². The molecule has 6 nitrogen and oxygen atoms in total. The molecule has 0 aliphatic rings. The van der Waals surface area contributed by atoms with E-state index in [0.717, 1.165) is 17.4 Å². The van der Waals surface area contributed by atoms with Crippen molar-refractivity contribution in [2.24, 2.45) is 0 Å². The van der Waals surface area contributed by atoms with Gasteiger partial charge in [0.2, 0.25) is 5.88 Å². The number of hydrogen-bond acceptors (Lipinski definition) is 5. The van der Waals surface area contributed by atoms with E-state index >= 15 is 0 Å². The summed E-state index contributed by atoms with van der Waals surface area (Å²) in [5, 5.41) is 16.2. The number of aromatic hydroxyl groups is 1. The Labute approximate surface area is 162 Å². The number of H-pyrrole nitrogens is 1. The average Bonchev–Trinajstić information content (AvgIpc) is 3.04. The van der Waals surface area contributed by atoms with Crippen LogP contribution >= 0.6 is 11.6 Å². The van der Waals surface area contributed by atoms with Gasteiger partial charge in [0.25, 0.3) is 0 Å². The van der Waals surface area contributed by atoms with Gasteiger partial charge in [-0.25, -0.2) is 13.5 Å². The first kappa shape index (κ1) is 19.3. The molecular weight excluding hydrogens is 388 g/mol. The van der Waals surface area contributed by atoms with E-state index in [0.29, 0.717) is 18.4 Å². The SMILES string of the molecule is CS(=O)(=O)c1ccc(CCc2cn[nH]c2O)c(Cl)c1OCc1ccccc1. The van der Waals surface area contributed by atoms with Gasteiger partial charge in [0.1, 0.15) is 11.5 Å². The Balaban J connectivity index is 1.89. The fourth-order valence-corrected chi connectivity index (χ4v) is 3.87. The lowest BCUT2D eigenvalue weighted by Crippen LogP contribution is -2.06. The number of nitrogens with zero attached hydrogens (tertiary/aromatic N) is 1. The van der Waals surface area contributed by atoms with E-state index in [1.165, 1.54) is 6.07 Å². The van der Waals surface area contributed by atoms with Gasteiger partial charge in [-0.15, -0.1) is 0 Å². The Hall–Kier alpha value is -2.51. The number of aromatic nitrogens is 2. The van der Waals surface area contributed by atoms with Gasteiger partial charge in [-0.1, -0.05) is 48.0 Å². The maximum absolute atomic E-state index is 12.1. The normalized spacial score (nSPS) is 11.5. The Bertz CT molecular complexity index is 1030. The van der Waals surface area contributed by atoms with Crippen molar-refractivity contribution in [3.05, 3.63) is 70.4 Å². The van der Waals surface area contributed by atoms with Crippen molar-refractivity contribution in [3.8, 4) is 11.6 Å². The molecule has 0 saturated carbocycles. The molecule has 0 bridgehead atoms. The molecule has 2 N–H and O–H groups in total. The summed E-state index contributed by atoms with van der Waals surface area (Å²) in [5.74, 6) is 0.163. The minimum Gasteiger partial charge on any atom is -0.493 e. The lowest BCUT2D eigenvalue weighted by Gasteiger charge is -2.15. The number of nitrogens with one attached hydrogen (secondary N) is 1. The van der Waals surface area contributed by atoms with Crippen LogP contribution in [0.4, 0.5) is 0 Å². The predicted molar refractivity (Wildman–Crippen MR) is 103 cm³/mol. The third-order valence-corrected chi connectivity index (χ3v) is 5.66. The van der Waals surface area contributed by atoms with E-state index in [2.05, 4.69) is 10.2 Å². The molecule has 0 spiro atoms. The zero-order valence-electron chi connectivity index (χ0n) is 14.6. The fraction of sp³-hybridized carbons (Fsp3) is 0.211. The third-order valence-electron chi connectivity index (χ3n) is 4.13. The van der Waals surface area contributed by atoms with Gasteiger partial charge in [-0.3, -0.25) is 0 Å². The summed E-state index contributed by atoms with van der Waals surface area (Å²) in [5.41, 5.74) is 2.29. The van der Waals surface area contributed by atoms with Gasteiger partial charge in [0, 0.05) is 11.8 Å². The minimum absolute atomic E-state index is 0.0134. The van der Waals surface area contributed by atoms with Crippen molar-refractivity contribution >= 4 is 21.4 Å². The minimum atomic E-state index is -3.51. The molecule has 0 aliphatic heterocycles. The van der Waals surface area contributed by atoms with Gasteiger partial charge in [0.05, 0.1) is 11.2 Å². The lowest BCUT2D eigenvalue weighted by atomic mass is 10.1. The summed E-state index contributed by atoms with van der Waals surface area (Å²) in [6.45, 7) is 0.203. The highest BCUT2D eigenvalue weighted by Gasteiger charge is 2.20. The molecule has 3 aromatic rings. The number of aryl methyl sites for hydroxylation is 2. The van der Waals surface area contributed by atoms with Crippen LogP contribution in [0, 0.1) is 0 Å². The zero-order chi connectivity index (χ0) is 19.4. The molecule has 0 atom stereocenters. The molecule has 0 saturated heterocycles. The second kappa shape index (κ2) is 8.02. The van der Waals surface area contributed by atoms with E-state index in [-0.39, 0.29) is 28.2 Å². The highest BCUT2D eigenvalue weighted by atomic mass is 35.5. The molecule has 142 valence electrons. The first-order valence-corrected chi connectivity index (χ1v) is 10.5. The topological polar surface area (TPSA) is 92.3 Å². The molecule has 3 rings (SSSR count). The lowest BCUT2D eigenvalue weighted by molar-refractivity contribution is 0.298. The van der Waals surface area contributed by atoms with Gasteiger partial charge < -0.3 is 9.84 Å². The number of hydrogen-bond donors (Lipinski definition) is 2. The highest BCUT2D eigenvalue weighted by Crippen LogP contribution is 2.36. The maximum atomic E-state index is 12.1. The quantitative estimate of drug-likeness (QED) is 0.626. The van der Waals surface area contributed by atoms with E-state index in [9.17, 15) is 13.5 Å². The largest absolute Gasteiger partial charge is 0.493 e. The molecule has 0 radical (unpaired) electrons. The molecule has 27 heavy (non-hydrogen) atoms. The molecule has 0 aliphatic carbocycles. The van der Waals surface area contributed by atoms with Crippen LogP contribution in [0.25, 0.3) is 0 Å². The smallest absolute Gasteiger partial charge is 0.209 e. The van der Waals surface area contributed by atoms with Crippen molar-refractivity contribution in [1.29, 1.82) is 0 Å². The van der Waals surface area contributed by atoms with Crippen LogP contribution in [0.3, 0.4) is 0 Å². The second-order valence-electron chi connectivity index (χ2n) is 6.16. The summed E-state index contributed by atoms with van der Waals surface area (Å²) in [4.78, 5) is 0.0540. The Morgan fingerprint density at radius 3 is 2.44 bits per heavy atom. The third kappa shape index (κ3) is 4.61. The van der Waals surface area contributed by atoms with E-state index < -0.39 is 9.84 Å². The van der Waals surface area contributed by atoms with Gasteiger partial charge >= 0.3 is 0 Å². The fourth-order valence-electron chi connectivity index (χ4n) is 2.68. The molecule has 8 heteroatoms. The van der Waals surface area contributed by atoms with Crippen molar-refractivity contribution in [1.82, 2.24) is 10.2 Å². The summed E-state index contributed by atoms with van der Waals surface area (Å²) in [7, 11) is -3.51. The zero-order valence-corrected chi connectivity index (χ0v) is 16.2. The molecule has 1 aromatic heterocycles. The van der Waals surface area contributed by atoms with Gasteiger partial charge in [0.15, 0.2) is 15.6 Å². The summed E-state index contributed by atoms with van der Waals surface area (Å²) < 4.78 is 30.1. The van der Waals surface area contributed by atoms with E-state index in [1.54, 1.807) is 12.3 Å². The van der Waals surface area contributed by atoms with Crippen molar-refractivity contribution < 1.29 is 18.3 Å². The van der Waals surface area contributed by atoms with Crippen LogP contribution in [0.5, 0.6) is 11.6 Å². The predicted octanol–water partition coefficient (Wildman–Crippen LogP) is 3.54. The van der Waals surface area contributed by atoms with Gasteiger partial charge in [-0.2, -0.15) is 5.10 Å². The maximum Gasteiger partial charge on any atom is 0.209 e. The van der Waals surface area contributed by atoms with E-state index in [4.69, 9.17) is 16.3 Å². The monoisotopic (exact) mass is 406 g/mol. The van der Waals surface area contributed by atoms with Crippen molar-refractivity contribution in [2.75, 3.05) is 6.26 Å². The number of halogens is 1.